The number of carbonyl (C=O) groups excluding carboxylic acids is 2. The average Bonchev–Trinajstić information content (AvgIpc) is 2.97. The molecule has 2 aliphatic rings. The standard InChI is InChI=1S/C18H24BrN3O4/c1-18(2,3)26-16(23)21-7-4-13(5-8-21)25-17(24)22-9-6-14-15(22)10-12(19)11-20-14/h10-11,13H,4-9H2,1-3H3. The van der Waals surface area contributed by atoms with E-state index in [9.17, 15) is 9.59 Å². The number of rotatable bonds is 1. The van der Waals surface area contributed by atoms with Crippen LogP contribution in [-0.4, -0.2) is 53.4 Å². The van der Waals surface area contributed by atoms with Crippen LogP contribution >= 0.6 is 15.9 Å². The summed E-state index contributed by atoms with van der Waals surface area (Å²) >= 11 is 3.39. The zero-order valence-corrected chi connectivity index (χ0v) is 16.9. The number of nitrogens with zero attached hydrogens (tertiary/aromatic N) is 3. The third kappa shape index (κ3) is 4.47. The monoisotopic (exact) mass is 425 g/mol. The zero-order valence-electron chi connectivity index (χ0n) is 15.3. The van der Waals surface area contributed by atoms with Crippen LogP contribution in [0.4, 0.5) is 15.3 Å². The van der Waals surface area contributed by atoms with Crippen molar-refractivity contribution in [2.75, 3.05) is 24.5 Å². The van der Waals surface area contributed by atoms with Gasteiger partial charge < -0.3 is 14.4 Å². The van der Waals surface area contributed by atoms with Gasteiger partial charge in [0.1, 0.15) is 11.7 Å². The molecule has 142 valence electrons. The van der Waals surface area contributed by atoms with Crippen LogP contribution in [0.1, 0.15) is 39.3 Å². The van der Waals surface area contributed by atoms with Gasteiger partial charge in [-0.05, 0) is 42.8 Å². The van der Waals surface area contributed by atoms with Gasteiger partial charge in [0.15, 0.2) is 0 Å². The molecule has 1 aromatic rings. The molecule has 2 aliphatic heterocycles. The number of hydrogen-bond acceptors (Lipinski definition) is 5. The van der Waals surface area contributed by atoms with E-state index in [1.165, 1.54) is 0 Å². The molecule has 2 amide bonds. The second-order valence-corrected chi connectivity index (χ2v) is 8.49. The molecule has 26 heavy (non-hydrogen) atoms. The molecule has 0 unspecified atom stereocenters. The summed E-state index contributed by atoms with van der Waals surface area (Å²) in [7, 11) is 0. The Labute approximate surface area is 161 Å². The van der Waals surface area contributed by atoms with Gasteiger partial charge in [-0.3, -0.25) is 9.88 Å². The van der Waals surface area contributed by atoms with Gasteiger partial charge in [0, 0.05) is 49.6 Å². The Morgan fingerprint density at radius 2 is 1.88 bits per heavy atom. The lowest BCUT2D eigenvalue weighted by atomic mass is 10.1. The van der Waals surface area contributed by atoms with Crippen LogP contribution in [0.2, 0.25) is 0 Å². The molecule has 3 rings (SSSR count). The molecule has 8 heteroatoms. The fraction of sp³-hybridized carbons (Fsp3) is 0.611. The number of aromatic nitrogens is 1. The molecule has 3 heterocycles. The number of anilines is 1. The maximum atomic E-state index is 12.5. The molecular formula is C18H24BrN3O4. The molecule has 0 aromatic carbocycles. The first kappa shape index (κ1) is 18.9. The highest BCUT2D eigenvalue weighted by molar-refractivity contribution is 9.10. The lowest BCUT2D eigenvalue weighted by Crippen LogP contribution is -2.44. The molecule has 7 nitrogen and oxygen atoms in total. The summed E-state index contributed by atoms with van der Waals surface area (Å²) in [5, 5.41) is 0. The molecule has 0 N–H and O–H groups in total. The van der Waals surface area contributed by atoms with E-state index in [0.29, 0.717) is 32.5 Å². The Balaban J connectivity index is 1.52. The van der Waals surface area contributed by atoms with E-state index in [0.717, 1.165) is 22.3 Å². The summed E-state index contributed by atoms with van der Waals surface area (Å²) in [6, 6.07) is 1.89. The third-order valence-electron chi connectivity index (χ3n) is 4.36. The molecule has 0 spiro atoms. The number of fused-ring (bicyclic) bond motifs is 1. The summed E-state index contributed by atoms with van der Waals surface area (Å²) in [5.74, 6) is 0. The minimum absolute atomic E-state index is 0.189. The Bertz CT molecular complexity index is 696. The fourth-order valence-electron chi connectivity index (χ4n) is 3.10. The second kappa shape index (κ2) is 7.42. The second-order valence-electron chi connectivity index (χ2n) is 7.57. The van der Waals surface area contributed by atoms with Gasteiger partial charge >= 0.3 is 12.2 Å². The Hall–Kier alpha value is -1.83. The van der Waals surface area contributed by atoms with Gasteiger partial charge in [0.05, 0.1) is 11.4 Å². The van der Waals surface area contributed by atoms with E-state index < -0.39 is 5.60 Å². The van der Waals surface area contributed by atoms with Crippen LogP contribution in [0.15, 0.2) is 16.7 Å². The summed E-state index contributed by atoms with van der Waals surface area (Å²) in [4.78, 5) is 32.3. The molecular weight excluding hydrogens is 402 g/mol. The molecule has 1 saturated heterocycles. The van der Waals surface area contributed by atoms with E-state index >= 15 is 0 Å². The first-order chi connectivity index (χ1) is 12.2. The number of carbonyl (C=O) groups is 2. The minimum Gasteiger partial charge on any atom is -0.446 e. The van der Waals surface area contributed by atoms with Gasteiger partial charge in [0.2, 0.25) is 0 Å². The van der Waals surface area contributed by atoms with E-state index in [-0.39, 0.29) is 18.3 Å². The van der Waals surface area contributed by atoms with Crippen LogP contribution in [0.25, 0.3) is 0 Å². The highest BCUT2D eigenvalue weighted by atomic mass is 79.9. The highest BCUT2D eigenvalue weighted by Gasteiger charge is 2.32. The lowest BCUT2D eigenvalue weighted by molar-refractivity contribution is 0.00728. The Morgan fingerprint density at radius 1 is 1.19 bits per heavy atom. The summed E-state index contributed by atoms with van der Waals surface area (Å²) in [6.07, 6.45) is 2.84. The van der Waals surface area contributed by atoms with Crippen molar-refractivity contribution in [3.8, 4) is 0 Å². The molecule has 0 aliphatic carbocycles. The summed E-state index contributed by atoms with van der Waals surface area (Å²) in [6.45, 7) is 7.17. The molecule has 0 atom stereocenters. The maximum absolute atomic E-state index is 12.5. The van der Waals surface area contributed by atoms with Crippen LogP contribution in [0.5, 0.6) is 0 Å². The van der Waals surface area contributed by atoms with Crippen LogP contribution in [-0.2, 0) is 15.9 Å². The number of amides is 2. The van der Waals surface area contributed by atoms with Crippen molar-refractivity contribution in [1.82, 2.24) is 9.88 Å². The molecule has 0 saturated carbocycles. The lowest BCUT2D eigenvalue weighted by Gasteiger charge is -2.33. The largest absolute Gasteiger partial charge is 0.446 e. The highest BCUT2D eigenvalue weighted by Crippen LogP contribution is 2.30. The van der Waals surface area contributed by atoms with Crippen molar-refractivity contribution in [1.29, 1.82) is 0 Å². The van der Waals surface area contributed by atoms with Crippen LogP contribution in [0, 0.1) is 0 Å². The van der Waals surface area contributed by atoms with E-state index in [1.807, 2.05) is 26.8 Å². The van der Waals surface area contributed by atoms with Crippen molar-refractivity contribution in [2.45, 2.75) is 51.7 Å². The topological polar surface area (TPSA) is 72.0 Å². The number of piperidine rings is 1. The van der Waals surface area contributed by atoms with Crippen molar-refractivity contribution in [3.63, 3.8) is 0 Å². The molecule has 1 aromatic heterocycles. The predicted octanol–water partition coefficient (Wildman–Crippen LogP) is 3.74. The third-order valence-corrected chi connectivity index (χ3v) is 4.79. The average molecular weight is 426 g/mol. The van der Waals surface area contributed by atoms with Crippen molar-refractivity contribution in [3.05, 3.63) is 22.4 Å². The van der Waals surface area contributed by atoms with Crippen LogP contribution in [0.3, 0.4) is 0 Å². The van der Waals surface area contributed by atoms with E-state index in [1.54, 1.807) is 16.0 Å². The van der Waals surface area contributed by atoms with Gasteiger partial charge in [-0.25, -0.2) is 9.59 Å². The number of halogens is 1. The van der Waals surface area contributed by atoms with Crippen LogP contribution < -0.4 is 4.90 Å². The molecule has 0 bridgehead atoms. The van der Waals surface area contributed by atoms with Gasteiger partial charge in [-0.2, -0.15) is 0 Å². The summed E-state index contributed by atoms with van der Waals surface area (Å²) < 4.78 is 11.9. The Kier molecular flexibility index (Phi) is 5.41. The van der Waals surface area contributed by atoms with Crippen molar-refractivity contribution >= 4 is 33.8 Å². The number of ether oxygens (including phenoxy) is 2. The number of likely N-dealkylation sites (tertiary alicyclic amines) is 1. The molecule has 1 fully saturated rings. The molecule has 0 radical (unpaired) electrons. The van der Waals surface area contributed by atoms with Crippen molar-refractivity contribution < 1.29 is 19.1 Å². The predicted molar refractivity (Wildman–Crippen MR) is 100 cm³/mol. The maximum Gasteiger partial charge on any atom is 0.414 e. The number of hydrogen-bond donors (Lipinski definition) is 0. The van der Waals surface area contributed by atoms with Gasteiger partial charge in [-0.1, -0.05) is 0 Å². The zero-order chi connectivity index (χ0) is 18.9. The quantitative estimate of drug-likeness (QED) is 0.684. The number of pyridine rings is 1. The Morgan fingerprint density at radius 3 is 2.54 bits per heavy atom. The summed E-state index contributed by atoms with van der Waals surface area (Å²) in [5.41, 5.74) is 1.20. The fourth-order valence-corrected chi connectivity index (χ4v) is 3.42. The first-order valence-electron chi connectivity index (χ1n) is 8.83. The minimum atomic E-state index is -0.508. The van der Waals surface area contributed by atoms with Gasteiger partial charge in [0.25, 0.3) is 0 Å². The SMILES string of the molecule is CC(C)(C)OC(=O)N1CCC(OC(=O)N2CCc3ncc(Br)cc32)CC1. The van der Waals surface area contributed by atoms with Gasteiger partial charge in [-0.15, -0.1) is 0 Å². The van der Waals surface area contributed by atoms with E-state index in [4.69, 9.17) is 9.47 Å². The van der Waals surface area contributed by atoms with E-state index in [2.05, 4.69) is 20.9 Å². The van der Waals surface area contributed by atoms with Crippen molar-refractivity contribution in [2.24, 2.45) is 0 Å². The first-order valence-corrected chi connectivity index (χ1v) is 9.63. The normalized spacial score (nSPS) is 17.8. The smallest absolute Gasteiger partial charge is 0.414 e.